The van der Waals surface area contributed by atoms with E-state index >= 15 is 0 Å². The number of hydrogen-bond acceptors (Lipinski definition) is 3. The van der Waals surface area contributed by atoms with Crippen LogP contribution >= 0.6 is 0 Å². The maximum absolute atomic E-state index is 12.9. The van der Waals surface area contributed by atoms with Crippen molar-refractivity contribution in [1.29, 1.82) is 0 Å². The van der Waals surface area contributed by atoms with E-state index in [1.54, 1.807) is 0 Å². The van der Waals surface area contributed by atoms with Crippen LogP contribution in [0.2, 0.25) is 0 Å². The van der Waals surface area contributed by atoms with Gasteiger partial charge in [-0.3, -0.25) is 9.78 Å². The predicted octanol–water partition coefficient (Wildman–Crippen LogP) is 3.16. The summed E-state index contributed by atoms with van der Waals surface area (Å²) in [4.78, 5) is 18.8. The van der Waals surface area contributed by atoms with E-state index in [1.807, 2.05) is 6.92 Å². The van der Waals surface area contributed by atoms with E-state index in [2.05, 4.69) is 9.88 Å². The number of nitrogens with zero attached hydrogens (tertiary/aromatic N) is 2. The summed E-state index contributed by atoms with van der Waals surface area (Å²) >= 11 is 0. The molecule has 0 spiro atoms. The molecule has 2 saturated carbocycles. The molecular weight excluding hydrogens is 267 g/mol. The molecular formula is C17H23FN2O. The Morgan fingerprint density at radius 3 is 2.38 bits per heavy atom. The van der Waals surface area contributed by atoms with Gasteiger partial charge in [-0.25, -0.2) is 4.39 Å². The third-order valence-electron chi connectivity index (χ3n) is 4.39. The third-order valence-corrected chi connectivity index (χ3v) is 4.39. The van der Waals surface area contributed by atoms with Gasteiger partial charge in [-0.05, 0) is 49.7 Å². The summed E-state index contributed by atoms with van der Waals surface area (Å²) < 4.78 is 12.9. The van der Waals surface area contributed by atoms with Crippen LogP contribution in [0.3, 0.4) is 0 Å². The van der Waals surface area contributed by atoms with Gasteiger partial charge in [0.25, 0.3) is 0 Å². The predicted molar refractivity (Wildman–Crippen MR) is 79.6 cm³/mol. The highest BCUT2D eigenvalue weighted by Crippen LogP contribution is 2.34. The summed E-state index contributed by atoms with van der Waals surface area (Å²) in [5.41, 5.74) is 0.377. The molecule has 1 aromatic rings. The first-order chi connectivity index (χ1) is 10.1. The van der Waals surface area contributed by atoms with Crippen LogP contribution in [-0.2, 0) is 0 Å². The smallest absolute Gasteiger partial charge is 0.185 e. The first-order valence-corrected chi connectivity index (χ1v) is 8.00. The second kappa shape index (κ2) is 6.22. The largest absolute Gasteiger partial charge is 0.302 e. The highest BCUT2D eigenvalue weighted by atomic mass is 19.1. The number of Topliss-reactive ketones (excluding diaryl/α,β-unsaturated/α-hetero) is 1. The molecule has 1 unspecified atom stereocenters. The zero-order chi connectivity index (χ0) is 14.8. The molecule has 0 aromatic carbocycles. The molecule has 0 radical (unpaired) electrons. The fourth-order valence-corrected chi connectivity index (χ4v) is 2.80. The molecule has 0 bridgehead atoms. The number of aromatic nitrogens is 1. The monoisotopic (exact) mass is 290 g/mol. The number of carbonyl (C=O) groups is 1. The van der Waals surface area contributed by atoms with Crippen LogP contribution < -0.4 is 0 Å². The van der Waals surface area contributed by atoms with Crippen molar-refractivity contribution < 1.29 is 9.18 Å². The molecule has 4 heteroatoms. The normalized spacial score (nSPS) is 19.8. The molecule has 3 rings (SSSR count). The number of halogens is 1. The molecule has 0 N–H and O–H groups in total. The number of ketones is 1. The fourth-order valence-electron chi connectivity index (χ4n) is 2.80. The number of carbonyl (C=O) groups excluding carboxylic acids is 1. The Morgan fingerprint density at radius 2 is 1.90 bits per heavy atom. The molecule has 2 aliphatic rings. The summed E-state index contributed by atoms with van der Waals surface area (Å²) in [6.07, 6.45) is 6.46. The van der Waals surface area contributed by atoms with Crippen LogP contribution in [0.25, 0.3) is 0 Å². The molecule has 3 nitrogen and oxygen atoms in total. The van der Waals surface area contributed by atoms with E-state index in [1.165, 1.54) is 37.8 Å². The van der Waals surface area contributed by atoms with Gasteiger partial charge in [-0.15, -0.1) is 0 Å². The van der Waals surface area contributed by atoms with Gasteiger partial charge in [-0.1, -0.05) is 6.92 Å². The van der Waals surface area contributed by atoms with Crippen molar-refractivity contribution >= 4 is 5.78 Å². The maximum atomic E-state index is 12.9. The minimum Gasteiger partial charge on any atom is -0.302 e. The lowest BCUT2D eigenvalue weighted by molar-refractivity contribution is 0.0883. The summed E-state index contributed by atoms with van der Waals surface area (Å²) in [6, 6.07) is 2.79. The Kier molecular flexibility index (Phi) is 4.34. The van der Waals surface area contributed by atoms with Crippen LogP contribution in [-0.4, -0.2) is 35.3 Å². The second-order valence-electron chi connectivity index (χ2n) is 6.73. The molecule has 0 saturated heterocycles. The Hall–Kier alpha value is -1.29. The van der Waals surface area contributed by atoms with Crippen molar-refractivity contribution in [1.82, 2.24) is 9.88 Å². The molecule has 1 atom stereocenters. The van der Waals surface area contributed by atoms with Gasteiger partial charge in [0.15, 0.2) is 5.78 Å². The minimum absolute atomic E-state index is 0.0200. The van der Waals surface area contributed by atoms with Crippen LogP contribution in [0, 0.1) is 23.6 Å². The number of hydrogen-bond donors (Lipinski definition) is 0. The molecule has 2 fully saturated rings. The lowest BCUT2D eigenvalue weighted by Crippen LogP contribution is -2.35. The topological polar surface area (TPSA) is 33.2 Å². The van der Waals surface area contributed by atoms with Crippen molar-refractivity contribution in [3.05, 3.63) is 29.8 Å². The second-order valence-corrected chi connectivity index (χ2v) is 6.73. The van der Waals surface area contributed by atoms with Crippen LogP contribution in [0.1, 0.15) is 43.1 Å². The summed E-state index contributed by atoms with van der Waals surface area (Å²) in [5, 5.41) is 0. The van der Waals surface area contributed by atoms with Crippen LogP contribution in [0.4, 0.5) is 4.39 Å². The van der Waals surface area contributed by atoms with Gasteiger partial charge >= 0.3 is 0 Å². The quantitative estimate of drug-likeness (QED) is 0.690. The average Bonchev–Trinajstić information content (AvgIpc) is 3.35. The van der Waals surface area contributed by atoms with E-state index in [0.29, 0.717) is 5.69 Å². The molecule has 0 aliphatic heterocycles. The Balaban J connectivity index is 1.57. The highest BCUT2D eigenvalue weighted by molar-refractivity contribution is 5.95. The molecule has 0 amide bonds. The standard InChI is InChI=1S/C17H23FN2O/c1-12(17(21)16-7-6-15(18)8-19-16)9-20(10-13-2-3-13)11-14-4-5-14/h6-8,12-14H,2-5,9-11H2,1H3. The molecule has 1 heterocycles. The molecule has 2 aliphatic carbocycles. The minimum atomic E-state index is -0.400. The van der Waals surface area contributed by atoms with E-state index in [0.717, 1.165) is 37.7 Å². The Morgan fingerprint density at radius 1 is 1.29 bits per heavy atom. The van der Waals surface area contributed by atoms with Gasteiger partial charge in [0.1, 0.15) is 11.5 Å². The van der Waals surface area contributed by atoms with Crippen molar-refractivity contribution in [2.45, 2.75) is 32.6 Å². The van der Waals surface area contributed by atoms with Gasteiger partial charge < -0.3 is 4.90 Å². The van der Waals surface area contributed by atoms with Gasteiger partial charge in [0, 0.05) is 25.6 Å². The van der Waals surface area contributed by atoms with Crippen molar-refractivity contribution in [2.24, 2.45) is 17.8 Å². The van der Waals surface area contributed by atoms with Gasteiger partial charge in [0.2, 0.25) is 0 Å². The summed E-state index contributed by atoms with van der Waals surface area (Å²) in [6.45, 7) is 5.01. The van der Waals surface area contributed by atoms with E-state index in [-0.39, 0.29) is 11.7 Å². The zero-order valence-electron chi connectivity index (χ0n) is 12.6. The first-order valence-electron chi connectivity index (χ1n) is 8.00. The lowest BCUT2D eigenvalue weighted by Gasteiger charge is -2.25. The molecule has 21 heavy (non-hydrogen) atoms. The van der Waals surface area contributed by atoms with Gasteiger partial charge in [0.05, 0.1) is 6.20 Å². The van der Waals surface area contributed by atoms with E-state index in [4.69, 9.17) is 0 Å². The average molecular weight is 290 g/mol. The van der Waals surface area contributed by atoms with Crippen molar-refractivity contribution in [2.75, 3.05) is 19.6 Å². The van der Waals surface area contributed by atoms with Crippen molar-refractivity contribution in [3.8, 4) is 0 Å². The summed E-state index contributed by atoms with van der Waals surface area (Å²) in [5.74, 6) is 1.22. The molecule has 114 valence electrons. The Bertz CT molecular complexity index is 480. The van der Waals surface area contributed by atoms with E-state index < -0.39 is 5.82 Å². The SMILES string of the molecule is CC(CN(CC1CC1)CC1CC1)C(=O)c1ccc(F)cn1. The summed E-state index contributed by atoms with van der Waals surface area (Å²) in [7, 11) is 0. The third kappa shape index (κ3) is 4.34. The van der Waals surface area contributed by atoms with E-state index in [9.17, 15) is 9.18 Å². The van der Waals surface area contributed by atoms with Crippen LogP contribution in [0.5, 0.6) is 0 Å². The highest BCUT2D eigenvalue weighted by Gasteiger charge is 2.30. The Labute approximate surface area is 125 Å². The van der Waals surface area contributed by atoms with Gasteiger partial charge in [-0.2, -0.15) is 0 Å². The lowest BCUT2D eigenvalue weighted by atomic mass is 10.0. The number of rotatable bonds is 8. The zero-order valence-corrected chi connectivity index (χ0v) is 12.6. The number of pyridine rings is 1. The van der Waals surface area contributed by atoms with Crippen molar-refractivity contribution in [3.63, 3.8) is 0 Å². The fraction of sp³-hybridized carbons (Fsp3) is 0.647. The maximum Gasteiger partial charge on any atom is 0.185 e. The first kappa shape index (κ1) is 14.6. The molecule has 1 aromatic heterocycles. The van der Waals surface area contributed by atoms with Crippen LogP contribution in [0.15, 0.2) is 18.3 Å².